The Morgan fingerprint density at radius 3 is 2.39 bits per heavy atom. The molecular weight excluding hydrogens is 376 g/mol. The molecule has 28 heavy (non-hydrogen) atoms. The highest BCUT2D eigenvalue weighted by molar-refractivity contribution is 6.30. The van der Waals surface area contributed by atoms with Gasteiger partial charge in [0.05, 0.1) is 16.6 Å². The van der Waals surface area contributed by atoms with Gasteiger partial charge in [-0.1, -0.05) is 41.9 Å². The summed E-state index contributed by atoms with van der Waals surface area (Å²) < 4.78 is 5.91. The van der Waals surface area contributed by atoms with Gasteiger partial charge in [0.25, 0.3) is 5.69 Å². The number of benzene rings is 3. The third-order valence-electron chi connectivity index (χ3n) is 4.04. The second kappa shape index (κ2) is 8.85. The summed E-state index contributed by atoms with van der Waals surface area (Å²) in [6, 6.07) is 22.8. The molecule has 0 unspecified atom stereocenters. The number of hydrogen-bond donors (Lipinski definition) is 0. The van der Waals surface area contributed by atoms with Crippen LogP contribution >= 0.6 is 11.6 Å². The number of nitro benzene ring substituents is 1. The van der Waals surface area contributed by atoms with Gasteiger partial charge in [-0.2, -0.15) is 5.26 Å². The first-order valence-electron chi connectivity index (χ1n) is 8.40. The lowest BCUT2D eigenvalue weighted by Gasteiger charge is -2.10. The smallest absolute Gasteiger partial charge is 0.269 e. The summed E-state index contributed by atoms with van der Waals surface area (Å²) in [4.78, 5) is 10.3. The standard InChI is InChI=1S/C22H15ClN2O3/c23-20-9-5-16(6-10-20)15-28-22-4-2-1-3-18(22)13-19(14-24)17-7-11-21(12-8-17)25(26)27/h1-13H,15H2. The molecule has 0 saturated heterocycles. The van der Waals surface area contributed by atoms with E-state index >= 15 is 0 Å². The molecule has 0 bridgehead atoms. The van der Waals surface area contributed by atoms with Crippen LogP contribution in [-0.4, -0.2) is 4.92 Å². The molecule has 0 N–H and O–H groups in total. The van der Waals surface area contributed by atoms with Gasteiger partial charge >= 0.3 is 0 Å². The van der Waals surface area contributed by atoms with E-state index in [0.717, 1.165) is 11.1 Å². The molecule has 0 radical (unpaired) electrons. The summed E-state index contributed by atoms with van der Waals surface area (Å²) in [6.45, 7) is 0.363. The van der Waals surface area contributed by atoms with E-state index in [1.807, 2.05) is 36.4 Å². The van der Waals surface area contributed by atoms with Crippen molar-refractivity contribution >= 4 is 28.9 Å². The van der Waals surface area contributed by atoms with Crippen molar-refractivity contribution in [1.82, 2.24) is 0 Å². The molecule has 0 heterocycles. The average molecular weight is 391 g/mol. The van der Waals surface area contributed by atoms with E-state index in [9.17, 15) is 15.4 Å². The van der Waals surface area contributed by atoms with Crippen molar-refractivity contribution < 1.29 is 9.66 Å². The number of nitriles is 1. The number of nitrogens with zero attached hydrogens (tertiary/aromatic N) is 2. The molecule has 0 fully saturated rings. The Balaban J connectivity index is 1.84. The fourth-order valence-corrected chi connectivity index (χ4v) is 2.70. The summed E-state index contributed by atoms with van der Waals surface area (Å²) in [5, 5.41) is 21.0. The van der Waals surface area contributed by atoms with Gasteiger partial charge in [0.2, 0.25) is 0 Å². The molecule has 0 aliphatic heterocycles. The second-order valence-electron chi connectivity index (χ2n) is 5.93. The molecule has 0 saturated carbocycles. The molecule has 3 aromatic carbocycles. The summed E-state index contributed by atoms with van der Waals surface area (Å²) in [7, 11) is 0. The van der Waals surface area contributed by atoms with Crippen LogP contribution in [0.25, 0.3) is 11.6 Å². The molecule has 3 aromatic rings. The number of nitro groups is 1. The summed E-state index contributed by atoms with van der Waals surface area (Å²) in [6.07, 6.45) is 1.71. The molecule has 138 valence electrons. The summed E-state index contributed by atoms with van der Waals surface area (Å²) in [5.41, 5.74) is 2.68. The average Bonchev–Trinajstić information content (AvgIpc) is 2.72. The molecule has 0 aromatic heterocycles. The first-order valence-corrected chi connectivity index (χ1v) is 8.77. The molecule has 0 amide bonds. The lowest BCUT2D eigenvalue weighted by Crippen LogP contribution is -1.97. The van der Waals surface area contributed by atoms with Crippen molar-refractivity contribution in [2.24, 2.45) is 0 Å². The maximum Gasteiger partial charge on any atom is 0.269 e. The van der Waals surface area contributed by atoms with Crippen molar-refractivity contribution in [2.75, 3.05) is 0 Å². The van der Waals surface area contributed by atoms with Gasteiger partial charge in [0.1, 0.15) is 12.4 Å². The molecule has 0 aliphatic carbocycles. The normalized spacial score (nSPS) is 10.9. The SMILES string of the molecule is N#CC(=Cc1ccccc1OCc1ccc(Cl)cc1)c1ccc([N+](=O)[O-])cc1. The van der Waals surface area contributed by atoms with E-state index in [1.54, 1.807) is 30.3 Å². The highest BCUT2D eigenvalue weighted by Gasteiger charge is 2.09. The minimum absolute atomic E-state index is 0.0206. The zero-order chi connectivity index (χ0) is 19.9. The Morgan fingerprint density at radius 2 is 1.75 bits per heavy atom. The van der Waals surface area contributed by atoms with Gasteiger partial charge in [-0.25, -0.2) is 0 Å². The van der Waals surface area contributed by atoms with E-state index in [2.05, 4.69) is 6.07 Å². The fraction of sp³-hybridized carbons (Fsp3) is 0.0455. The fourth-order valence-electron chi connectivity index (χ4n) is 2.57. The van der Waals surface area contributed by atoms with Crippen molar-refractivity contribution in [1.29, 1.82) is 5.26 Å². The van der Waals surface area contributed by atoms with Gasteiger partial charge in [-0.3, -0.25) is 10.1 Å². The largest absolute Gasteiger partial charge is 0.488 e. The molecular formula is C22H15ClN2O3. The Morgan fingerprint density at radius 1 is 1.07 bits per heavy atom. The van der Waals surface area contributed by atoms with E-state index in [0.29, 0.717) is 28.5 Å². The van der Waals surface area contributed by atoms with Crippen LogP contribution in [0.2, 0.25) is 5.02 Å². The number of non-ortho nitro benzene ring substituents is 1. The first-order chi connectivity index (χ1) is 13.6. The molecule has 5 nitrogen and oxygen atoms in total. The molecule has 0 spiro atoms. The van der Waals surface area contributed by atoms with Crippen LogP contribution < -0.4 is 4.74 Å². The highest BCUT2D eigenvalue weighted by Crippen LogP contribution is 2.26. The maximum atomic E-state index is 10.8. The minimum Gasteiger partial charge on any atom is -0.488 e. The van der Waals surface area contributed by atoms with Gasteiger partial charge in [0, 0.05) is 22.7 Å². The van der Waals surface area contributed by atoms with E-state index in [-0.39, 0.29) is 5.69 Å². The number of allylic oxidation sites excluding steroid dienone is 1. The third kappa shape index (κ3) is 4.76. The van der Waals surface area contributed by atoms with Crippen molar-refractivity contribution in [2.45, 2.75) is 6.61 Å². The summed E-state index contributed by atoms with van der Waals surface area (Å²) in [5.74, 6) is 0.632. The van der Waals surface area contributed by atoms with Crippen LogP contribution in [-0.2, 0) is 6.61 Å². The van der Waals surface area contributed by atoms with E-state index < -0.39 is 4.92 Å². The van der Waals surface area contributed by atoms with E-state index in [1.165, 1.54) is 12.1 Å². The number of rotatable bonds is 6. The van der Waals surface area contributed by atoms with E-state index in [4.69, 9.17) is 16.3 Å². The number of ether oxygens (including phenoxy) is 1. The monoisotopic (exact) mass is 390 g/mol. The quantitative estimate of drug-likeness (QED) is 0.227. The van der Waals surface area contributed by atoms with Gasteiger partial charge in [-0.15, -0.1) is 0 Å². The third-order valence-corrected chi connectivity index (χ3v) is 4.29. The van der Waals surface area contributed by atoms with Crippen LogP contribution in [0.1, 0.15) is 16.7 Å². The number of para-hydroxylation sites is 1. The first kappa shape index (κ1) is 19.2. The Labute approximate surface area is 167 Å². The van der Waals surface area contributed by atoms with Crippen LogP contribution in [0, 0.1) is 21.4 Å². The summed E-state index contributed by atoms with van der Waals surface area (Å²) >= 11 is 5.90. The second-order valence-corrected chi connectivity index (χ2v) is 6.36. The van der Waals surface area contributed by atoms with Crippen molar-refractivity contribution in [3.8, 4) is 11.8 Å². The maximum absolute atomic E-state index is 10.8. The highest BCUT2D eigenvalue weighted by atomic mass is 35.5. The molecule has 3 rings (SSSR count). The van der Waals surface area contributed by atoms with Crippen LogP contribution in [0.3, 0.4) is 0 Å². The van der Waals surface area contributed by atoms with Gasteiger partial charge < -0.3 is 4.74 Å². The number of halogens is 1. The lowest BCUT2D eigenvalue weighted by atomic mass is 10.0. The van der Waals surface area contributed by atoms with Gasteiger partial charge in [-0.05, 0) is 47.5 Å². The van der Waals surface area contributed by atoms with Crippen LogP contribution in [0.4, 0.5) is 5.69 Å². The van der Waals surface area contributed by atoms with Gasteiger partial charge in [0.15, 0.2) is 0 Å². The Kier molecular flexibility index (Phi) is 6.05. The molecule has 0 aliphatic rings. The zero-order valence-electron chi connectivity index (χ0n) is 14.7. The predicted octanol–water partition coefficient (Wildman–Crippen LogP) is 5.89. The lowest BCUT2D eigenvalue weighted by molar-refractivity contribution is -0.384. The Hall–Kier alpha value is -3.62. The van der Waals surface area contributed by atoms with Crippen LogP contribution in [0.5, 0.6) is 5.75 Å². The number of hydrogen-bond acceptors (Lipinski definition) is 4. The minimum atomic E-state index is -0.473. The van der Waals surface area contributed by atoms with Crippen LogP contribution in [0.15, 0.2) is 72.8 Å². The Bertz CT molecular complexity index is 1050. The zero-order valence-corrected chi connectivity index (χ0v) is 15.5. The van der Waals surface area contributed by atoms with Crippen molar-refractivity contribution in [3.05, 3.63) is 105 Å². The molecule has 0 atom stereocenters. The predicted molar refractivity (Wildman–Crippen MR) is 109 cm³/mol. The topological polar surface area (TPSA) is 76.2 Å². The van der Waals surface area contributed by atoms with Crippen molar-refractivity contribution in [3.63, 3.8) is 0 Å². The molecule has 6 heteroatoms.